The van der Waals surface area contributed by atoms with Gasteiger partial charge < -0.3 is 15.2 Å². The summed E-state index contributed by atoms with van der Waals surface area (Å²) in [6, 6.07) is 8.85. The van der Waals surface area contributed by atoms with Crippen LogP contribution < -0.4 is 10.1 Å². The molecule has 0 aliphatic carbocycles. The highest BCUT2D eigenvalue weighted by molar-refractivity contribution is 5.94. The van der Waals surface area contributed by atoms with Gasteiger partial charge in [-0.1, -0.05) is 6.07 Å². The largest absolute Gasteiger partial charge is 0.494 e. The van der Waals surface area contributed by atoms with E-state index in [0.29, 0.717) is 16.8 Å². The maximum absolute atomic E-state index is 13.6. The van der Waals surface area contributed by atoms with Crippen molar-refractivity contribution in [2.24, 2.45) is 0 Å². The minimum atomic E-state index is -1.02. The van der Waals surface area contributed by atoms with Crippen molar-refractivity contribution in [1.29, 1.82) is 0 Å². The highest BCUT2D eigenvalue weighted by Gasteiger charge is 2.10. The molecule has 6 heteroatoms. The highest BCUT2D eigenvalue weighted by atomic mass is 19.1. The molecule has 0 saturated heterocycles. The third-order valence-electron chi connectivity index (χ3n) is 3.32. The Morgan fingerprint density at radius 3 is 2.52 bits per heavy atom. The predicted molar refractivity (Wildman–Crippen MR) is 83.4 cm³/mol. The molecule has 0 radical (unpaired) electrons. The van der Waals surface area contributed by atoms with Gasteiger partial charge in [0.2, 0.25) is 5.91 Å². The number of carbonyl (C=O) groups is 2. The van der Waals surface area contributed by atoms with Gasteiger partial charge in [0.05, 0.1) is 19.1 Å². The Kier molecular flexibility index (Phi) is 4.95. The zero-order valence-corrected chi connectivity index (χ0v) is 12.7. The zero-order valence-electron chi connectivity index (χ0n) is 12.7. The summed E-state index contributed by atoms with van der Waals surface area (Å²) in [7, 11) is 1.37. The summed E-state index contributed by atoms with van der Waals surface area (Å²) in [5, 5.41) is 11.6. The number of hydrogen-bond donors (Lipinski definition) is 2. The first-order chi connectivity index (χ1) is 10.9. The lowest BCUT2D eigenvalue weighted by atomic mass is 10.1. The Morgan fingerprint density at radius 1 is 1.22 bits per heavy atom. The molecule has 0 aromatic heterocycles. The highest BCUT2D eigenvalue weighted by Crippen LogP contribution is 2.19. The lowest BCUT2D eigenvalue weighted by Gasteiger charge is -2.09. The summed E-state index contributed by atoms with van der Waals surface area (Å²) in [6.07, 6.45) is 0.000639. The van der Waals surface area contributed by atoms with E-state index < -0.39 is 11.8 Å². The molecule has 1 amide bonds. The topological polar surface area (TPSA) is 75.6 Å². The quantitative estimate of drug-likeness (QED) is 0.889. The zero-order chi connectivity index (χ0) is 17.0. The number of carboxylic acids is 1. The number of nitrogens with one attached hydrogen (secondary N) is 1. The van der Waals surface area contributed by atoms with Gasteiger partial charge in [0.25, 0.3) is 0 Å². The number of methoxy groups -OCH3 is 1. The van der Waals surface area contributed by atoms with Gasteiger partial charge in [-0.2, -0.15) is 0 Å². The average Bonchev–Trinajstić information content (AvgIpc) is 2.47. The number of hydrogen-bond acceptors (Lipinski definition) is 3. The lowest BCUT2D eigenvalue weighted by Crippen LogP contribution is -2.15. The van der Waals surface area contributed by atoms with Crippen LogP contribution in [0.25, 0.3) is 0 Å². The first-order valence-corrected chi connectivity index (χ1v) is 6.87. The number of aromatic carboxylic acids is 1. The van der Waals surface area contributed by atoms with Crippen molar-refractivity contribution < 1.29 is 23.8 Å². The van der Waals surface area contributed by atoms with Gasteiger partial charge in [-0.05, 0) is 48.4 Å². The molecule has 0 unspecified atom stereocenters. The van der Waals surface area contributed by atoms with Crippen LogP contribution in [-0.2, 0) is 11.2 Å². The van der Waals surface area contributed by atoms with E-state index in [1.54, 1.807) is 19.1 Å². The summed E-state index contributed by atoms with van der Waals surface area (Å²) < 4.78 is 18.4. The van der Waals surface area contributed by atoms with Crippen molar-refractivity contribution in [2.45, 2.75) is 13.3 Å². The van der Waals surface area contributed by atoms with Gasteiger partial charge in [-0.3, -0.25) is 4.79 Å². The minimum Gasteiger partial charge on any atom is -0.494 e. The van der Waals surface area contributed by atoms with Crippen molar-refractivity contribution in [3.63, 3.8) is 0 Å². The molecule has 0 aliphatic rings. The second-order valence-corrected chi connectivity index (χ2v) is 5.03. The Balaban J connectivity index is 2.06. The molecular weight excluding hydrogens is 301 g/mol. The van der Waals surface area contributed by atoms with Crippen LogP contribution in [0.2, 0.25) is 0 Å². The minimum absolute atomic E-state index is 0.000639. The molecule has 2 aromatic rings. The maximum Gasteiger partial charge on any atom is 0.335 e. The number of amides is 1. The van der Waals surface area contributed by atoms with Crippen LogP contribution in [0.1, 0.15) is 21.5 Å². The van der Waals surface area contributed by atoms with Crippen LogP contribution in [-0.4, -0.2) is 24.1 Å². The lowest BCUT2D eigenvalue weighted by molar-refractivity contribution is -0.115. The van der Waals surface area contributed by atoms with Crippen LogP contribution in [0, 0.1) is 12.7 Å². The Bertz CT molecular complexity index is 758. The third-order valence-corrected chi connectivity index (χ3v) is 3.32. The molecule has 2 N–H and O–H groups in total. The van der Waals surface area contributed by atoms with E-state index in [-0.39, 0.29) is 23.6 Å². The van der Waals surface area contributed by atoms with Gasteiger partial charge in [0.15, 0.2) is 11.6 Å². The number of ether oxygens (including phenoxy) is 1. The molecule has 5 nitrogen and oxygen atoms in total. The molecule has 0 bridgehead atoms. The SMILES string of the molecule is COc1ccc(CC(=O)Nc2ccc(C(=O)O)c(C)c2)cc1F. The smallest absolute Gasteiger partial charge is 0.335 e. The van der Waals surface area contributed by atoms with E-state index in [1.165, 1.54) is 31.4 Å². The van der Waals surface area contributed by atoms with E-state index >= 15 is 0 Å². The number of carbonyl (C=O) groups excluding carboxylic acids is 1. The monoisotopic (exact) mass is 317 g/mol. The van der Waals surface area contributed by atoms with Crippen LogP contribution in [0.15, 0.2) is 36.4 Å². The van der Waals surface area contributed by atoms with Crippen LogP contribution >= 0.6 is 0 Å². The summed E-state index contributed by atoms with van der Waals surface area (Å²) in [5.41, 5.74) is 1.73. The summed E-state index contributed by atoms with van der Waals surface area (Å²) in [5.74, 6) is -1.75. The fraction of sp³-hybridized carbons (Fsp3) is 0.176. The van der Waals surface area contributed by atoms with Crippen molar-refractivity contribution in [2.75, 3.05) is 12.4 Å². The Hall–Kier alpha value is -2.89. The van der Waals surface area contributed by atoms with Gasteiger partial charge in [-0.25, -0.2) is 9.18 Å². The van der Waals surface area contributed by atoms with Gasteiger partial charge in [0, 0.05) is 5.69 Å². The number of aryl methyl sites for hydroxylation is 1. The molecule has 0 atom stereocenters. The molecular formula is C17H16FNO4. The maximum atomic E-state index is 13.6. The molecule has 0 spiro atoms. The second-order valence-electron chi connectivity index (χ2n) is 5.03. The van der Waals surface area contributed by atoms with Crippen LogP contribution in [0.3, 0.4) is 0 Å². The number of halogens is 1. The van der Waals surface area contributed by atoms with Gasteiger partial charge >= 0.3 is 5.97 Å². The molecule has 0 fully saturated rings. The molecule has 2 rings (SSSR count). The molecule has 0 aliphatic heterocycles. The number of carboxylic acid groups (broad SMARTS) is 1. The van der Waals surface area contributed by atoms with Crippen molar-refractivity contribution in [1.82, 2.24) is 0 Å². The summed E-state index contributed by atoms with van der Waals surface area (Å²) >= 11 is 0. The van der Waals surface area contributed by atoms with E-state index in [1.807, 2.05) is 0 Å². The molecule has 2 aromatic carbocycles. The number of benzene rings is 2. The predicted octanol–water partition coefficient (Wildman–Crippen LogP) is 3.02. The van der Waals surface area contributed by atoms with E-state index in [4.69, 9.17) is 9.84 Å². The Morgan fingerprint density at radius 2 is 1.96 bits per heavy atom. The third kappa shape index (κ3) is 4.06. The number of rotatable bonds is 5. The normalized spacial score (nSPS) is 10.2. The van der Waals surface area contributed by atoms with Gasteiger partial charge in [0.1, 0.15) is 0 Å². The number of anilines is 1. The van der Waals surface area contributed by atoms with Crippen molar-refractivity contribution >= 4 is 17.6 Å². The molecule has 0 heterocycles. The van der Waals surface area contributed by atoms with Crippen molar-refractivity contribution in [3.05, 3.63) is 58.9 Å². The van der Waals surface area contributed by atoms with Crippen molar-refractivity contribution in [3.8, 4) is 5.75 Å². The molecule has 23 heavy (non-hydrogen) atoms. The Labute approximate surface area is 132 Å². The standard InChI is InChI=1S/C17H16FNO4/c1-10-7-12(4-5-13(10)17(21)22)19-16(20)9-11-3-6-15(23-2)14(18)8-11/h3-8H,9H2,1-2H3,(H,19,20)(H,21,22). The van der Waals surface area contributed by atoms with E-state index in [0.717, 1.165) is 0 Å². The fourth-order valence-electron chi connectivity index (χ4n) is 2.19. The second kappa shape index (κ2) is 6.91. The van der Waals surface area contributed by atoms with E-state index in [2.05, 4.69) is 5.32 Å². The summed E-state index contributed by atoms with van der Waals surface area (Å²) in [6.45, 7) is 1.65. The molecule has 0 saturated carbocycles. The van der Waals surface area contributed by atoms with E-state index in [9.17, 15) is 14.0 Å². The van der Waals surface area contributed by atoms with Gasteiger partial charge in [-0.15, -0.1) is 0 Å². The van der Waals surface area contributed by atoms with Crippen LogP contribution in [0.4, 0.5) is 10.1 Å². The fourth-order valence-corrected chi connectivity index (χ4v) is 2.19. The van der Waals surface area contributed by atoms with Crippen LogP contribution in [0.5, 0.6) is 5.75 Å². The summed E-state index contributed by atoms with van der Waals surface area (Å²) in [4.78, 5) is 22.9. The molecule has 120 valence electrons. The first kappa shape index (κ1) is 16.5. The average molecular weight is 317 g/mol. The first-order valence-electron chi connectivity index (χ1n) is 6.87.